The van der Waals surface area contributed by atoms with E-state index in [9.17, 15) is 12.8 Å². The molecule has 2 atom stereocenters. The minimum Gasteiger partial charge on any atom is -0.313 e. The molecule has 2 aromatic rings. The van der Waals surface area contributed by atoms with Gasteiger partial charge in [-0.05, 0) is 43.5 Å². The summed E-state index contributed by atoms with van der Waals surface area (Å²) in [6.07, 6.45) is 4.04. The summed E-state index contributed by atoms with van der Waals surface area (Å²) in [7, 11) is -3.65. The highest BCUT2D eigenvalue weighted by atomic mass is 32.2. The first-order chi connectivity index (χ1) is 12.0. The fourth-order valence-corrected chi connectivity index (χ4v) is 5.85. The van der Waals surface area contributed by atoms with Crippen LogP contribution in [0.1, 0.15) is 37.8 Å². The molecule has 0 unspecified atom stereocenters. The monoisotopic (exact) mass is 364 g/mol. The molecule has 1 saturated heterocycles. The molecular weight excluding hydrogens is 343 g/mol. The van der Waals surface area contributed by atoms with Gasteiger partial charge in [0.15, 0.2) is 0 Å². The normalized spacial score (nSPS) is 23.4. The van der Waals surface area contributed by atoms with Crippen LogP contribution < -0.4 is 0 Å². The van der Waals surface area contributed by atoms with Gasteiger partial charge in [0, 0.05) is 31.5 Å². The Morgan fingerprint density at radius 2 is 1.88 bits per heavy atom. The van der Waals surface area contributed by atoms with E-state index in [1.54, 1.807) is 4.31 Å². The first-order valence-corrected chi connectivity index (χ1v) is 10.1. The number of hydrogen-bond acceptors (Lipinski definition) is 4. The zero-order valence-electron chi connectivity index (χ0n) is 14.1. The van der Waals surface area contributed by atoms with E-state index in [0.29, 0.717) is 13.0 Å². The lowest BCUT2D eigenvalue weighted by Gasteiger charge is -2.27. The van der Waals surface area contributed by atoms with Crippen LogP contribution in [0.25, 0.3) is 0 Å². The van der Waals surface area contributed by atoms with E-state index in [2.05, 4.69) is 21.7 Å². The van der Waals surface area contributed by atoms with Gasteiger partial charge in [0.1, 0.15) is 17.5 Å². The summed E-state index contributed by atoms with van der Waals surface area (Å²) < 4.78 is 43.2. The molecule has 2 aliphatic rings. The number of sulfonamides is 1. The van der Waals surface area contributed by atoms with Crippen LogP contribution in [-0.4, -0.2) is 39.6 Å². The Kier molecular flexibility index (Phi) is 4.11. The Labute approximate surface area is 146 Å². The van der Waals surface area contributed by atoms with Gasteiger partial charge < -0.3 is 4.57 Å². The Morgan fingerprint density at radius 3 is 2.60 bits per heavy atom. The fourth-order valence-electron chi connectivity index (χ4n) is 3.99. The minimum atomic E-state index is -3.65. The fraction of sp³-hybridized carbons (Fsp3) is 0.529. The largest absolute Gasteiger partial charge is 0.313 e. The van der Waals surface area contributed by atoms with Gasteiger partial charge in [0.2, 0.25) is 10.0 Å². The lowest BCUT2D eigenvalue weighted by atomic mass is 10.1. The summed E-state index contributed by atoms with van der Waals surface area (Å²) >= 11 is 0. The van der Waals surface area contributed by atoms with E-state index >= 15 is 0 Å². The number of rotatable bonds is 4. The molecule has 0 N–H and O–H groups in total. The highest BCUT2D eigenvalue weighted by Gasteiger charge is 2.45. The molecule has 0 saturated carbocycles. The molecule has 0 aliphatic carbocycles. The van der Waals surface area contributed by atoms with E-state index in [0.717, 1.165) is 37.3 Å². The second-order valence-corrected chi connectivity index (χ2v) is 8.61. The molecule has 8 heteroatoms. The lowest BCUT2D eigenvalue weighted by Crippen LogP contribution is -2.42. The SMILES string of the molecule is CCCc1nnc2n1C[C@H]1CC[C@@H](C2)N1S(=O)(=O)c1ccc(F)cc1. The van der Waals surface area contributed by atoms with Crippen LogP contribution in [0.5, 0.6) is 0 Å². The van der Waals surface area contributed by atoms with E-state index in [1.165, 1.54) is 24.3 Å². The summed E-state index contributed by atoms with van der Waals surface area (Å²) in [5, 5.41) is 8.58. The van der Waals surface area contributed by atoms with Crippen LogP contribution in [0.2, 0.25) is 0 Å². The molecule has 1 aromatic heterocycles. The minimum absolute atomic E-state index is 0.104. The smallest absolute Gasteiger partial charge is 0.243 e. The number of aromatic nitrogens is 3. The average molecular weight is 364 g/mol. The predicted molar refractivity (Wildman–Crippen MR) is 90.0 cm³/mol. The number of nitrogens with zero attached hydrogens (tertiary/aromatic N) is 4. The second-order valence-electron chi connectivity index (χ2n) is 6.77. The third kappa shape index (κ3) is 2.77. The molecule has 0 radical (unpaired) electrons. The number of halogens is 1. The van der Waals surface area contributed by atoms with Gasteiger partial charge in [-0.3, -0.25) is 0 Å². The lowest BCUT2D eigenvalue weighted by molar-refractivity contribution is 0.314. The molecule has 1 aromatic carbocycles. The van der Waals surface area contributed by atoms with Gasteiger partial charge >= 0.3 is 0 Å². The molecule has 2 bridgehead atoms. The van der Waals surface area contributed by atoms with Gasteiger partial charge in [0.05, 0.1) is 4.90 Å². The summed E-state index contributed by atoms with van der Waals surface area (Å²) in [6.45, 7) is 2.68. The average Bonchev–Trinajstić information content (AvgIpc) is 3.08. The molecule has 0 spiro atoms. The van der Waals surface area contributed by atoms with Crippen LogP contribution in [0, 0.1) is 5.82 Å². The maximum atomic E-state index is 13.2. The van der Waals surface area contributed by atoms with Crippen LogP contribution in [0.4, 0.5) is 4.39 Å². The molecule has 134 valence electrons. The first kappa shape index (κ1) is 16.7. The van der Waals surface area contributed by atoms with Crippen molar-refractivity contribution in [3.05, 3.63) is 41.7 Å². The Bertz CT molecular complexity index is 879. The second kappa shape index (κ2) is 6.17. The van der Waals surface area contributed by atoms with Crippen LogP contribution in [-0.2, 0) is 29.4 Å². The van der Waals surface area contributed by atoms with Crippen molar-refractivity contribution in [1.29, 1.82) is 0 Å². The highest BCUT2D eigenvalue weighted by molar-refractivity contribution is 7.89. The van der Waals surface area contributed by atoms with E-state index in [1.807, 2.05) is 0 Å². The van der Waals surface area contributed by atoms with Crippen molar-refractivity contribution < 1.29 is 12.8 Å². The summed E-state index contributed by atoms with van der Waals surface area (Å²) in [5.41, 5.74) is 0. The topological polar surface area (TPSA) is 68.1 Å². The number of hydrogen-bond donors (Lipinski definition) is 0. The van der Waals surface area contributed by atoms with E-state index < -0.39 is 15.8 Å². The highest BCUT2D eigenvalue weighted by Crippen LogP contribution is 2.36. The molecule has 2 aliphatic heterocycles. The summed E-state index contributed by atoms with van der Waals surface area (Å²) in [5.74, 6) is 1.37. The summed E-state index contributed by atoms with van der Waals surface area (Å²) in [6, 6.07) is 4.87. The van der Waals surface area contributed by atoms with Crippen LogP contribution in [0.15, 0.2) is 29.2 Å². The molecule has 3 heterocycles. The van der Waals surface area contributed by atoms with E-state index in [4.69, 9.17) is 0 Å². The molecule has 0 amide bonds. The van der Waals surface area contributed by atoms with Gasteiger partial charge in [-0.15, -0.1) is 10.2 Å². The zero-order chi connectivity index (χ0) is 17.6. The molecular formula is C17H21FN4O2S. The molecule has 1 fully saturated rings. The molecule has 6 nitrogen and oxygen atoms in total. The van der Waals surface area contributed by atoms with Crippen molar-refractivity contribution in [3.8, 4) is 0 Å². The van der Waals surface area contributed by atoms with Crippen molar-refractivity contribution in [2.45, 2.75) is 62.6 Å². The van der Waals surface area contributed by atoms with E-state index in [-0.39, 0.29) is 17.0 Å². The van der Waals surface area contributed by atoms with Crippen molar-refractivity contribution in [1.82, 2.24) is 19.1 Å². The zero-order valence-corrected chi connectivity index (χ0v) is 14.9. The Morgan fingerprint density at radius 1 is 1.16 bits per heavy atom. The first-order valence-electron chi connectivity index (χ1n) is 8.70. The van der Waals surface area contributed by atoms with Gasteiger partial charge in [-0.25, -0.2) is 12.8 Å². The maximum Gasteiger partial charge on any atom is 0.243 e. The maximum absolute atomic E-state index is 13.2. The number of aryl methyl sites for hydroxylation is 1. The van der Waals surface area contributed by atoms with Crippen molar-refractivity contribution in [3.63, 3.8) is 0 Å². The third-order valence-corrected chi connectivity index (χ3v) is 7.15. The van der Waals surface area contributed by atoms with Crippen molar-refractivity contribution in [2.75, 3.05) is 0 Å². The van der Waals surface area contributed by atoms with Crippen molar-refractivity contribution in [2.24, 2.45) is 0 Å². The quantitative estimate of drug-likeness (QED) is 0.834. The van der Waals surface area contributed by atoms with Crippen LogP contribution >= 0.6 is 0 Å². The van der Waals surface area contributed by atoms with Gasteiger partial charge in [-0.2, -0.15) is 4.31 Å². The van der Waals surface area contributed by atoms with Crippen LogP contribution in [0.3, 0.4) is 0 Å². The Hall–Kier alpha value is -1.80. The Balaban J connectivity index is 1.70. The summed E-state index contributed by atoms with van der Waals surface area (Å²) in [4.78, 5) is 0.150. The van der Waals surface area contributed by atoms with Gasteiger partial charge in [0.25, 0.3) is 0 Å². The molecule has 4 rings (SSSR count). The predicted octanol–water partition coefficient (Wildman–Crippen LogP) is 2.15. The van der Waals surface area contributed by atoms with Crippen molar-refractivity contribution >= 4 is 10.0 Å². The third-order valence-electron chi connectivity index (χ3n) is 5.13. The van der Waals surface area contributed by atoms with Gasteiger partial charge in [-0.1, -0.05) is 6.92 Å². The molecule has 25 heavy (non-hydrogen) atoms. The number of benzene rings is 1. The number of fused-ring (bicyclic) bond motifs is 3. The standard InChI is InChI=1S/C17H21FN4O2S/c1-2-3-16-19-20-17-10-13-6-7-14(11-21(16)17)22(13)25(23,24)15-8-4-12(18)5-9-15/h4-5,8-9,13-14H,2-3,6-7,10-11H2,1H3/t13-,14+/m0/s1.